The van der Waals surface area contributed by atoms with Crippen LogP contribution in [0.5, 0.6) is 0 Å². The maximum Gasteiger partial charge on any atom is 0.451 e. The molecule has 5 saturated carbocycles. The first-order valence-electron chi connectivity index (χ1n) is 45.6. The zero-order valence-corrected chi connectivity index (χ0v) is 80.5. The Kier molecular flexibility index (Phi) is 40.1. The summed E-state index contributed by atoms with van der Waals surface area (Å²) in [6.07, 6.45) is 6.90. The third-order valence-corrected chi connectivity index (χ3v) is 37.2. The molecule has 13 rings (SSSR count). The monoisotopic (exact) mass is 2090 g/mol. The number of aliphatic carboxylic acids is 5. The number of carbonyl (C=O) groups is 5. The van der Waals surface area contributed by atoms with E-state index >= 15 is 0 Å². The standard InChI is InChI=1S/C17H28BN5O6S.C15H30BN5O6S.C14H24BN5O7S.C13H25BF2N4O6S.C13H26BFN4O6S/c19-14-8-15(14)23(10-13-5-1-2-7-21-13)30(28,29)22-9-12(4-3-6-18(26)27)17(20,11-22)16(24)25;17-12-6-13(12)21(11-3-5-19-7-11)28(26,27)20-8-10(2-1-4-16(24)25)15(18,9-20)14(22)23;16-10-6-11(10)20(13-18-4-5-27-13)28(25,26)19-7-9(2-1-3-15(23)24)14(17,8-19)12(21)22;15-11(16)6-20(10-4-9(10)17)27(25,26)19-5-8(2-1-3-14(23)24)13(18,7-19)12(21)22;15-4-5-19(11-6-10(11)16)26(24,25)18-7-9(2-1-3-14(22)23)13(17,8-18)12(20)21/h1-2,5,7,12,14-15,26-27H,3-4,6,8-11,19-20H2,(H,24,25);10-13,19,24-25H,1-9,17-18H2,(H,22,23);4-5,9-11,23-24H,1-3,6-8,16-17H2,(H,21,22);8-11,23-24H,1-7,17-18H2,(H,21,22);9-11,22-23H,1-8,16-17H2,(H,20,21)/t12-,14?,15?,17-;10-,11?,12?,13?,15-;9-,10?,11?,14-;8-,9?,10?,13-;9-,10?,11?,13-/m00000/s1. The normalized spacial score (nSPS) is 31.9. The molecule has 54 nitrogen and oxygen atoms in total. The molecule has 5 aliphatic carbocycles. The zero-order chi connectivity index (χ0) is 104. The van der Waals surface area contributed by atoms with Crippen LogP contribution in [0.2, 0.25) is 31.6 Å². The summed E-state index contributed by atoms with van der Waals surface area (Å²) >= 11 is 0. The van der Waals surface area contributed by atoms with Crippen molar-refractivity contribution in [3.05, 3.63) is 42.5 Å². The summed E-state index contributed by atoms with van der Waals surface area (Å²) in [6, 6.07) is 0.711. The van der Waals surface area contributed by atoms with Gasteiger partial charge in [0.25, 0.3) is 47.3 Å². The lowest BCUT2D eigenvalue weighted by Crippen LogP contribution is -2.56. The van der Waals surface area contributed by atoms with Gasteiger partial charge in [0, 0.05) is 175 Å². The van der Waals surface area contributed by atoms with Crippen LogP contribution in [0.3, 0.4) is 0 Å². The Morgan fingerprint density at radius 2 is 0.755 bits per heavy atom. The second kappa shape index (κ2) is 47.8. The second-order valence-electron chi connectivity index (χ2n) is 37.8. The number of anilines is 1. The topological polar surface area (TPSA) is 903 Å². The molecule has 11 unspecified atom stereocenters. The van der Waals surface area contributed by atoms with E-state index in [1.165, 1.54) is 25.4 Å². The van der Waals surface area contributed by atoms with Crippen molar-refractivity contribution in [3.8, 4) is 0 Å². The van der Waals surface area contributed by atoms with E-state index in [4.69, 9.17) is 112 Å². The molecule has 8 heterocycles. The number of hydrogen-bond donors (Lipinski definition) is 26. The number of nitrogens with one attached hydrogen (secondary N) is 1. The fourth-order valence-electron chi connectivity index (χ4n) is 18.6. The quantitative estimate of drug-likeness (QED) is 0.0274. The summed E-state index contributed by atoms with van der Waals surface area (Å²) in [4.78, 5) is 66.9. The zero-order valence-electron chi connectivity index (χ0n) is 76.4. The Bertz CT molecular complexity index is 5050. The minimum absolute atomic E-state index is 0.00867. The van der Waals surface area contributed by atoms with Crippen molar-refractivity contribution < 1.29 is 159 Å². The van der Waals surface area contributed by atoms with Crippen molar-refractivity contribution in [2.75, 3.05) is 103 Å². The lowest BCUT2D eigenvalue weighted by molar-refractivity contribution is -0.145. The number of pyridine rings is 1. The van der Waals surface area contributed by atoms with Crippen LogP contribution in [0.25, 0.3) is 0 Å². The molecular formula is C72H133B5F3N23O31S5. The van der Waals surface area contributed by atoms with Crippen molar-refractivity contribution in [2.24, 2.45) is 86.9 Å². The molecule has 21 atom stereocenters. The number of oxazole rings is 1. The fraction of sp³-hybridized carbons (Fsp3) is 0.819. The first-order chi connectivity index (χ1) is 64.6. The van der Waals surface area contributed by atoms with Gasteiger partial charge in [-0.25, -0.2) is 22.5 Å². The van der Waals surface area contributed by atoms with Crippen LogP contribution < -0.4 is 67.0 Å². The number of rotatable bonds is 48. The van der Waals surface area contributed by atoms with E-state index in [0.29, 0.717) is 74.3 Å². The van der Waals surface area contributed by atoms with Gasteiger partial charge >= 0.3 is 81.7 Å². The largest absolute Gasteiger partial charge is 0.480 e. The predicted molar refractivity (Wildman–Crippen MR) is 493 cm³/mol. The van der Waals surface area contributed by atoms with Gasteiger partial charge in [-0.1, -0.05) is 38.2 Å². The van der Waals surface area contributed by atoms with E-state index in [1.807, 2.05) is 0 Å². The molecule has 6 saturated heterocycles. The van der Waals surface area contributed by atoms with Gasteiger partial charge in [-0.3, -0.25) is 29.0 Å². The number of aromatic nitrogens is 2. The van der Waals surface area contributed by atoms with Crippen LogP contribution in [-0.4, -0.2) is 431 Å². The van der Waals surface area contributed by atoms with Crippen molar-refractivity contribution >= 4 is 122 Å². The van der Waals surface area contributed by atoms with Crippen molar-refractivity contribution in [1.29, 1.82) is 0 Å². The van der Waals surface area contributed by atoms with E-state index in [2.05, 4.69) is 15.3 Å². The number of carboxylic acids is 5. The number of hydrogen-bond acceptors (Lipinski definition) is 39. The van der Waals surface area contributed by atoms with Crippen LogP contribution >= 0.6 is 0 Å². The number of halogens is 3. The minimum atomic E-state index is -4.38. The summed E-state index contributed by atoms with van der Waals surface area (Å²) in [6.45, 7) is -3.60. The summed E-state index contributed by atoms with van der Waals surface area (Å²) in [7, 11) is -28.2. The number of nitrogens with two attached hydrogens (primary N) is 10. The van der Waals surface area contributed by atoms with Gasteiger partial charge in [-0.2, -0.15) is 80.8 Å². The van der Waals surface area contributed by atoms with E-state index < -0.39 is 237 Å². The Hall–Kier alpha value is -5.83. The third kappa shape index (κ3) is 28.5. The van der Waals surface area contributed by atoms with Gasteiger partial charge in [0.1, 0.15) is 40.6 Å². The first kappa shape index (κ1) is 117. The lowest BCUT2D eigenvalue weighted by atomic mass is 9.78. The molecule has 0 spiro atoms. The molecule has 0 aromatic carbocycles. The number of nitrogens with zero attached hydrogens (tertiary/aromatic N) is 12. The molecular weight excluding hydrogens is 1950 g/mol. The smallest absolute Gasteiger partial charge is 0.451 e. The van der Waals surface area contributed by atoms with Gasteiger partial charge in [0.15, 0.2) is 0 Å². The summed E-state index contributed by atoms with van der Waals surface area (Å²) in [5.41, 5.74) is 50.9. The predicted octanol–water partition coefficient (Wildman–Crippen LogP) is -11.6. The molecule has 11 fully saturated rings. The molecule has 2 aromatic heterocycles. The van der Waals surface area contributed by atoms with Gasteiger partial charge in [0.05, 0.1) is 31.0 Å². The molecule has 0 amide bonds. The number of alkyl halides is 3. The Balaban J connectivity index is 0.000000194. The average Bonchev–Trinajstić information content (AvgIpc) is 1.59. The maximum atomic E-state index is 13.4. The third-order valence-electron chi connectivity index (χ3n) is 27.5. The van der Waals surface area contributed by atoms with Gasteiger partial charge < -0.3 is 143 Å². The Labute approximate surface area is 805 Å². The molecule has 11 aliphatic rings. The Morgan fingerprint density at radius 1 is 0.446 bits per heavy atom. The molecule has 139 heavy (non-hydrogen) atoms. The van der Waals surface area contributed by atoms with Gasteiger partial charge in [0.2, 0.25) is 0 Å². The van der Waals surface area contributed by atoms with Crippen molar-refractivity contribution in [2.45, 2.75) is 241 Å². The molecule has 788 valence electrons. The van der Waals surface area contributed by atoms with Gasteiger partial charge in [-0.05, 0) is 121 Å². The highest BCUT2D eigenvalue weighted by atomic mass is 32.2. The molecule has 6 aliphatic heterocycles. The molecule has 0 radical (unpaired) electrons. The highest BCUT2D eigenvalue weighted by Crippen LogP contribution is 2.45. The highest BCUT2D eigenvalue weighted by Gasteiger charge is 2.63. The fourth-order valence-corrected chi connectivity index (χ4v) is 28.4. The Morgan fingerprint density at radius 3 is 1.03 bits per heavy atom. The van der Waals surface area contributed by atoms with Crippen LogP contribution in [-0.2, 0) is 81.6 Å². The van der Waals surface area contributed by atoms with E-state index in [-0.39, 0.29) is 184 Å². The summed E-state index contributed by atoms with van der Waals surface area (Å²) in [5.74, 6) is -10.1. The van der Waals surface area contributed by atoms with E-state index in [9.17, 15) is 105 Å². The van der Waals surface area contributed by atoms with Crippen LogP contribution in [0.15, 0.2) is 41.3 Å². The highest BCUT2D eigenvalue weighted by molar-refractivity contribution is 7.90. The van der Waals surface area contributed by atoms with Crippen LogP contribution in [0, 0.1) is 29.6 Å². The molecule has 2 aromatic rings. The van der Waals surface area contributed by atoms with Crippen molar-refractivity contribution in [1.82, 2.24) is 54.0 Å². The number of carboxylic acid groups (broad SMARTS) is 5. The SMILES string of the molecule is NC1CC1N(C1CCNC1)S(=O)(=O)N1C[C@H](CCCB(O)O)[C@](N)(C(=O)O)C1.NC1CC1N(CC(F)F)S(=O)(=O)N1C[C@H](CCCB(O)O)[C@](N)(C(=O)O)C1.NC1CC1N(CCF)S(=O)(=O)N1C[C@H](CCCB(O)O)[C@](N)(C(=O)O)C1.NC1CC1N(Cc1ccccn1)S(=O)(=O)N1C[C@H](CCCB(O)O)[C@](N)(C(=O)O)C1.NC1CC1N(c1ncco1)S(=O)(=O)N1C[C@H](CCCB(O)O)[C@](N)(C(=O)O)C1. The second-order valence-corrected chi connectivity index (χ2v) is 47.1. The average molecular weight is 2090 g/mol. The molecule has 67 heteroatoms. The first-order valence-corrected chi connectivity index (χ1v) is 52.5. The summed E-state index contributed by atoms with van der Waals surface area (Å²) in [5, 5.41) is 141. The molecule has 36 N–H and O–H groups in total. The van der Waals surface area contributed by atoms with Gasteiger partial charge in [-0.15, -0.1) is 0 Å². The maximum absolute atomic E-state index is 13.4. The minimum Gasteiger partial charge on any atom is -0.480 e. The van der Waals surface area contributed by atoms with Crippen LogP contribution in [0.1, 0.15) is 108 Å². The van der Waals surface area contributed by atoms with Crippen molar-refractivity contribution in [3.63, 3.8) is 0 Å². The van der Waals surface area contributed by atoms with E-state index in [0.717, 1.165) is 32.4 Å². The van der Waals surface area contributed by atoms with E-state index in [1.54, 1.807) is 24.4 Å². The molecule has 0 bridgehead atoms. The lowest BCUT2D eigenvalue weighted by Gasteiger charge is -2.32. The summed E-state index contributed by atoms with van der Waals surface area (Å²) < 4.78 is 186. The van der Waals surface area contributed by atoms with Crippen LogP contribution in [0.4, 0.5) is 19.2 Å².